The SMILES string of the molecule is CC(CCC(=O)O)C(=O)N[C@@H](Cc1ccc(O)cc1)C(=O)O. The van der Waals surface area contributed by atoms with E-state index in [0.717, 1.165) is 0 Å². The first-order chi connectivity index (χ1) is 10.3. The topological polar surface area (TPSA) is 124 Å². The molecule has 0 aliphatic rings. The molecule has 120 valence electrons. The Morgan fingerprint density at radius 3 is 2.23 bits per heavy atom. The average Bonchev–Trinajstić information content (AvgIpc) is 2.45. The second-order valence-corrected chi connectivity index (χ2v) is 5.10. The van der Waals surface area contributed by atoms with Crippen LogP contribution in [0.15, 0.2) is 24.3 Å². The van der Waals surface area contributed by atoms with Crippen LogP contribution >= 0.6 is 0 Å². The summed E-state index contributed by atoms with van der Waals surface area (Å²) in [7, 11) is 0. The molecule has 0 aliphatic carbocycles. The fraction of sp³-hybridized carbons (Fsp3) is 0.400. The minimum absolute atomic E-state index is 0.0713. The minimum atomic E-state index is -1.17. The van der Waals surface area contributed by atoms with Crippen molar-refractivity contribution in [2.45, 2.75) is 32.2 Å². The van der Waals surface area contributed by atoms with Gasteiger partial charge in [0.05, 0.1) is 0 Å². The van der Waals surface area contributed by atoms with E-state index in [2.05, 4.69) is 5.32 Å². The van der Waals surface area contributed by atoms with Gasteiger partial charge in [-0.1, -0.05) is 19.1 Å². The highest BCUT2D eigenvalue weighted by atomic mass is 16.4. The molecule has 1 aromatic rings. The molecule has 7 heteroatoms. The summed E-state index contributed by atoms with van der Waals surface area (Å²) < 4.78 is 0. The number of hydrogen-bond donors (Lipinski definition) is 4. The Bertz CT molecular complexity index is 539. The Morgan fingerprint density at radius 1 is 1.14 bits per heavy atom. The Labute approximate surface area is 127 Å². The standard InChI is InChI=1S/C15H19NO6/c1-9(2-7-13(18)19)14(20)16-12(15(21)22)8-10-3-5-11(17)6-4-10/h3-6,9,12,17H,2,7-8H2,1H3,(H,16,20)(H,18,19)(H,21,22)/t9?,12-/m0/s1. The van der Waals surface area contributed by atoms with Crippen molar-refractivity contribution in [3.05, 3.63) is 29.8 Å². The van der Waals surface area contributed by atoms with Crippen molar-refractivity contribution in [3.8, 4) is 5.75 Å². The smallest absolute Gasteiger partial charge is 0.326 e. The van der Waals surface area contributed by atoms with Crippen molar-refractivity contribution < 1.29 is 29.7 Å². The molecule has 4 N–H and O–H groups in total. The van der Waals surface area contributed by atoms with Crippen LogP contribution in [0.3, 0.4) is 0 Å². The zero-order valence-electron chi connectivity index (χ0n) is 12.2. The van der Waals surface area contributed by atoms with Gasteiger partial charge in [-0.15, -0.1) is 0 Å². The summed E-state index contributed by atoms with van der Waals surface area (Å²) in [5, 5.41) is 29.4. The fourth-order valence-corrected chi connectivity index (χ4v) is 1.85. The van der Waals surface area contributed by atoms with Gasteiger partial charge in [-0.25, -0.2) is 4.79 Å². The molecule has 22 heavy (non-hydrogen) atoms. The quantitative estimate of drug-likeness (QED) is 0.568. The maximum absolute atomic E-state index is 11.9. The normalized spacial score (nSPS) is 13.1. The summed E-state index contributed by atoms with van der Waals surface area (Å²) in [5.74, 6) is -3.18. The van der Waals surface area contributed by atoms with Crippen LogP contribution in [-0.2, 0) is 20.8 Å². The molecule has 0 spiro atoms. The lowest BCUT2D eigenvalue weighted by Crippen LogP contribution is -2.44. The lowest BCUT2D eigenvalue weighted by Gasteiger charge is -2.17. The zero-order valence-corrected chi connectivity index (χ0v) is 12.2. The number of carbonyl (C=O) groups is 3. The van der Waals surface area contributed by atoms with Crippen LogP contribution in [0.1, 0.15) is 25.3 Å². The third-order valence-electron chi connectivity index (χ3n) is 3.23. The zero-order chi connectivity index (χ0) is 16.7. The van der Waals surface area contributed by atoms with Gasteiger partial charge < -0.3 is 20.6 Å². The van der Waals surface area contributed by atoms with Crippen LogP contribution in [0.4, 0.5) is 0 Å². The molecule has 0 saturated heterocycles. The number of hydrogen-bond acceptors (Lipinski definition) is 4. The first kappa shape index (κ1) is 17.5. The number of aliphatic carboxylic acids is 2. The predicted molar refractivity (Wildman–Crippen MR) is 77.4 cm³/mol. The van der Waals surface area contributed by atoms with E-state index in [1.807, 2.05) is 0 Å². The molecule has 2 atom stereocenters. The molecule has 0 aromatic heterocycles. The highest BCUT2D eigenvalue weighted by molar-refractivity contribution is 5.85. The number of rotatable bonds is 8. The van der Waals surface area contributed by atoms with Crippen molar-refractivity contribution in [2.75, 3.05) is 0 Å². The maximum atomic E-state index is 11.9. The number of benzene rings is 1. The molecule has 1 rings (SSSR count). The third kappa shape index (κ3) is 5.82. The molecule has 0 aliphatic heterocycles. The highest BCUT2D eigenvalue weighted by Gasteiger charge is 2.23. The Balaban J connectivity index is 2.63. The monoisotopic (exact) mass is 309 g/mol. The Morgan fingerprint density at radius 2 is 1.73 bits per heavy atom. The number of carbonyl (C=O) groups excluding carboxylic acids is 1. The molecule has 7 nitrogen and oxygen atoms in total. The summed E-state index contributed by atoms with van der Waals surface area (Å²) in [4.78, 5) is 33.6. The van der Waals surface area contributed by atoms with Crippen molar-refractivity contribution in [1.29, 1.82) is 0 Å². The minimum Gasteiger partial charge on any atom is -0.508 e. The van der Waals surface area contributed by atoms with E-state index in [1.54, 1.807) is 19.1 Å². The molecule has 1 aromatic carbocycles. The van der Waals surface area contributed by atoms with E-state index in [0.29, 0.717) is 5.56 Å². The molecule has 1 unspecified atom stereocenters. The van der Waals surface area contributed by atoms with Crippen molar-refractivity contribution in [2.24, 2.45) is 5.92 Å². The Hall–Kier alpha value is -2.57. The van der Waals surface area contributed by atoms with Gasteiger partial charge in [0.1, 0.15) is 11.8 Å². The Kier molecular flexibility index (Phi) is 6.37. The molecule has 0 saturated carbocycles. The maximum Gasteiger partial charge on any atom is 0.326 e. The molecule has 0 radical (unpaired) electrons. The second-order valence-electron chi connectivity index (χ2n) is 5.10. The van der Waals surface area contributed by atoms with Crippen molar-refractivity contribution >= 4 is 17.8 Å². The van der Waals surface area contributed by atoms with Gasteiger partial charge in [0.2, 0.25) is 5.91 Å². The summed E-state index contributed by atoms with van der Waals surface area (Å²) in [6.45, 7) is 1.55. The van der Waals surface area contributed by atoms with Crippen LogP contribution in [-0.4, -0.2) is 39.2 Å². The molecular formula is C15H19NO6. The summed E-state index contributed by atoms with van der Waals surface area (Å²) in [6.07, 6.45) is 0.0734. The van der Waals surface area contributed by atoms with Gasteiger partial charge in [-0.3, -0.25) is 9.59 Å². The van der Waals surface area contributed by atoms with Crippen molar-refractivity contribution in [1.82, 2.24) is 5.32 Å². The van der Waals surface area contributed by atoms with Gasteiger partial charge in [-0.05, 0) is 24.1 Å². The van der Waals surface area contributed by atoms with E-state index in [-0.39, 0.29) is 25.0 Å². The van der Waals surface area contributed by atoms with E-state index in [9.17, 15) is 24.6 Å². The molecular weight excluding hydrogens is 290 g/mol. The lowest BCUT2D eigenvalue weighted by atomic mass is 10.0. The highest BCUT2D eigenvalue weighted by Crippen LogP contribution is 2.12. The number of nitrogens with one attached hydrogen (secondary N) is 1. The van der Waals surface area contributed by atoms with Crippen LogP contribution in [0.25, 0.3) is 0 Å². The van der Waals surface area contributed by atoms with E-state index < -0.39 is 29.8 Å². The van der Waals surface area contributed by atoms with Crippen LogP contribution in [0.5, 0.6) is 5.75 Å². The van der Waals surface area contributed by atoms with Gasteiger partial charge in [0.15, 0.2) is 0 Å². The molecule has 0 heterocycles. The number of phenolic OH excluding ortho intramolecular Hbond substituents is 1. The summed E-state index contributed by atoms with van der Waals surface area (Å²) >= 11 is 0. The number of amides is 1. The van der Waals surface area contributed by atoms with E-state index >= 15 is 0 Å². The first-order valence-electron chi connectivity index (χ1n) is 6.82. The molecule has 0 fully saturated rings. The van der Waals surface area contributed by atoms with Crippen LogP contribution in [0, 0.1) is 5.92 Å². The lowest BCUT2D eigenvalue weighted by molar-refractivity contribution is -0.143. The van der Waals surface area contributed by atoms with Crippen molar-refractivity contribution in [3.63, 3.8) is 0 Å². The number of carboxylic acid groups (broad SMARTS) is 2. The van der Waals surface area contributed by atoms with Gasteiger partial charge >= 0.3 is 11.9 Å². The van der Waals surface area contributed by atoms with Gasteiger partial charge in [-0.2, -0.15) is 0 Å². The first-order valence-corrected chi connectivity index (χ1v) is 6.82. The second kappa shape index (κ2) is 8.02. The third-order valence-corrected chi connectivity index (χ3v) is 3.23. The number of carboxylic acids is 2. The number of aromatic hydroxyl groups is 1. The molecule has 1 amide bonds. The molecule has 0 bridgehead atoms. The average molecular weight is 309 g/mol. The summed E-state index contributed by atoms with van der Waals surface area (Å²) in [5.41, 5.74) is 0.656. The summed E-state index contributed by atoms with van der Waals surface area (Å²) in [6, 6.07) is 4.91. The van der Waals surface area contributed by atoms with Gasteiger partial charge in [0, 0.05) is 18.8 Å². The van der Waals surface area contributed by atoms with E-state index in [4.69, 9.17) is 5.11 Å². The van der Waals surface area contributed by atoms with E-state index in [1.165, 1.54) is 12.1 Å². The number of phenols is 1. The fourth-order valence-electron chi connectivity index (χ4n) is 1.85. The van der Waals surface area contributed by atoms with Crippen LogP contribution in [0.2, 0.25) is 0 Å². The van der Waals surface area contributed by atoms with Crippen LogP contribution < -0.4 is 5.32 Å². The predicted octanol–water partition coefficient (Wildman–Crippen LogP) is 1.00. The largest absolute Gasteiger partial charge is 0.508 e. The van der Waals surface area contributed by atoms with Gasteiger partial charge in [0.25, 0.3) is 0 Å².